The van der Waals surface area contributed by atoms with Crippen molar-refractivity contribution in [3.63, 3.8) is 0 Å². The number of aliphatic hydroxyl groups excluding tert-OH is 1. The molecule has 1 aliphatic heterocycles. The van der Waals surface area contributed by atoms with Crippen LogP contribution < -0.4 is 0 Å². The molecule has 0 radical (unpaired) electrons. The van der Waals surface area contributed by atoms with Gasteiger partial charge in [0.05, 0.1) is 18.9 Å². The molecule has 1 fully saturated rings. The molecular formula is C15H26O6. The number of carbonyl (C=O) groups is 1. The molecule has 6 heteroatoms. The normalized spacial score (nSPS) is 27.5. The minimum atomic E-state index is -0.427. The number of hydrogen-bond donors (Lipinski definition) is 1. The number of carbonyl (C=O) groups excluding carboxylic acids is 1. The van der Waals surface area contributed by atoms with Crippen LogP contribution in [-0.2, 0) is 23.7 Å². The standard InChI is InChI=1S/C15H26O6/c1-4-19-13(17)8-10-20-12-5-6-14(18-3)21-15(12)11(2)7-9-16/h8,10-12,14-16H,4-7,9H2,1-3H3/b10-8+/t11-,12+,14?,15-/m1/s1. The van der Waals surface area contributed by atoms with E-state index in [1.54, 1.807) is 14.0 Å². The SMILES string of the molecule is CCOC(=O)/C=C/O[C@H]1CCC(OC)O[C@@H]1[C@H](C)CCO. The van der Waals surface area contributed by atoms with Gasteiger partial charge in [0.15, 0.2) is 6.29 Å². The lowest BCUT2D eigenvalue weighted by molar-refractivity contribution is -0.225. The van der Waals surface area contributed by atoms with E-state index in [0.717, 1.165) is 12.8 Å². The van der Waals surface area contributed by atoms with Crippen LogP contribution in [-0.4, -0.2) is 49.9 Å². The Bertz CT molecular complexity index is 330. The Morgan fingerprint density at radius 1 is 1.48 bits per heavy atom. The molecule has 4 atom stereocenters. The highest BCUT2D eigenvalue weighted by molar-refractivity contribution is 5.81. The summed E-state index contributed by atoms with van der Waals surface area (Å²) in [6.07, 6.45) is 4.17. The molecule has 1 saturated heterocycles. The average Bonchev–Trinajstić information content (AvgIpc) is 2.48. The second-order valence-electron chi connectivity index (χ2n) is 5.06. The van der Waals surface area contributed by atoms with E-state index >= 15 is 0 Å². The van der Waals surface area contributed by atoms with Crippen molar-refractivity contribution in [3.8, 4) is 0 Å². The van der Waals surface area contributed by atoms with Crippen LogP contribution in [0.3, 0.4) is 0 Å². The zero-order chi connectivity index (χ0) is 15.7. The van der Waals surface area contributed by atoms with Gasteiger partial charge >= 0.3 is 5.97 Å². The number of methoxy groups -OCH3 is 1. The van der Waals surface area contributed by atoms with Gasteiger partial charge in [0, 0.05) is 20.1 Å². The van der Waals surface area contributed by atoms with Gasteiger partial charge in [0.2, 0.25) is 0 Å². The maximum absolute atomic E-state index is 11.2. The number of ether oxygens (including phenoxy) is 4. The predicted molar refractivity (Wildman–Crippen MR) is 76.4 cm³/mol. The number of esters is 1. The summed E-state index contributed by atoms with van der Waals surface area (Å²) < 4.78 is 21.5. The lowest BCUT2D eigenvalue weighted by Crippen LogP contribution is -2.44. The molecule has 1 rings (SSSR count). The zero-order valence-corrected chi connectivity index (χ0v) is 13.0. The van der Waals surface area contributed by atoms with Crippen LogP contribution in [0.4, 0.5) is 0 Å². The van der Waals surface area contributed by atoms with E-state index in [1.165, 1.54) is 12.3 Å². The Labute approximate surface area is 126 Å². The third-order valence-electron chi connectivity index (χ3n) is 3.51. The van der Waals surface area contributed by atoms with E-state index in [-0.39, 0.29) is 31.0 Å². The molecule has 1 aliphatic rings. The molecular weight excluding hydrogens is 276 g/mol. The van der Waals surface area contributed by atoms with E-state index in [2.05, 4.69) is 0 Å². The first-order valence-corrected chi connectivity index (χ1v) is 7.40. The second-order valence-corrected chi connectivity index (χ2v) is 5.06. The number of rotatable bonds is 8. The van der Waals surface area contributed by atoms with Gasteiger partial charge in [-0.2, -0.15) is 0 Å². The van der Waals surface area contributed by atoms with Crippen molar-refractivity contribution in [1.82, 2.24) is 0 Å². The first-order valence-electron chi connectivity index (χ1n) is 7.40. The predicted octanol–water partition coefficient (Wildman–Crippen LogP) is 1.62. The third-order valence-corrected chi connectivity index (χ3v) is 3.51. The molecule has 0 aliphatic carbocycles. The molecule has 0 bridgehead atoms. The quantitative estimate of drug-likeness (QED) is 0.417. The smallest absolute Gasteiger partial charge is 0.333 e. The van der Waals surface area contributed by atoms with Gasteiger partial charge in [0.1, 0.15) is 12.2 Å². The summed E-state index contributed by atoms with van der Waals surface area (Å²) in [7, 11) is 1.61. The summed E-state index contributed by atoms with van der Waals surface area (Å²) in [4.78, 5) is 11.2. The summed E-state index contributed by atoms with van der Waals surface area (Å²) in [6.45, 7) is 4.19. The molecule has 0 spiro atoms. The Balaban J connectivity index is 2.57. The summed E-state index contributed by atoms with van der Waals surface area (Å²) in [5, 5.41) is 9.08. The molecule has 1 N–H and O–H groups in total. The van der Waals surface area contributed by atoms with Gasteiger partial charge in [-0.05, 0) is 25.7 Å². The van der Waals surface area contributed by atoms with Crippen LogP contribution in [0.5, 0.6) is 0 Å². The lowest BCUT2D eigenvalue weighted by atomic mass is 9.92. The summed E-state index contributed by atoms with van der Waals surface area (Å²) in [5.74, 6) is -0.294. The van der Waals surface area contributed by atoms with E-state index in [4.69, 9.17) is 24.1 Å². The fraction of sp³-hybridized carbons (Fsp3) is 0.800. The molecule has 0 aromatic rings. The maximum atomic E-state index is 11.2. The second kappa shape index (κ2) is 9.76. The molecule has 21 heavy (non-hydrogen) atoms. The zero-order valence-electron chi connectivity index (χ0n) is 13.0. The van der Waals surface area contributed by atoms with Crippen molar-refractivity contribution in [3.05, 3.63) is 12.3 Å². The van der Waals surface area contributed by atoms with E-state index < -0.39 is 5.97 Å². The van der Waals surface area contributed by atoms with Crippen LogP contribution in [0.2, 0.25) is 0 Å². The molecule has 1 unspecified atom stereocenters. The van der Waals surface area contributed by atoms with Gasteiger partial charge in [-0.1, -0.05) is 6.92 Å². The minimum absolute atomic E-state index is 0.101. The van der Waals surface area contributed by atoms with E-state index in [9.17, 15) is 4.79 Å². The van der Waals surface area contributed by atoms with Gasteiger partial charge in [0.25, 0.3) is 0 Å². The van der Waals surface area contributed by atoms with Gasteiger partial charge in [-0.25, -0.2) is 4.79 Å². The molecule has 0 amide bonds. The van der Waals surface area contributed by atoms with Gasteiger partial charge < -0.3 is 24.1 Å². The van der Waals surface area contributed by atoms with Crippen LogP contribution in [0, 0.1) is 5.92 Å². The van der Waals surface area contributed by atoms with Crippen molar-refractivity contribution in [2.45, 2.75) is 51.6 Å². The van der Waals surface area contributed by atoms with E-state index in [1.807, 2.05) is 6.92 Å². The number of hydrogen-bond acceptors (Lipinski definition) is 6. The monoisotopic (exact) mass is 302 g/mol. The van der Waals surface area contributed by atoms with Crippen molar-refractivity contribution in [2.75, 3.05) is 20.3 Å². The Hall–Kier alpha value is -1.11. The third kappa shape index (κ3) is 6.03. The minimum Gasteiger partial charge on any atom is -0.495 e. The van der Waals surface area contributed by atoms with Crippen LogP contribution >= 0.6 is 0 Å². The topological polar surface area (TPSA) is 74.2 Å². The highest BCUT2D eigenvalue weighted by atomic mass is 16.7. The van der Waals surface area contributed by atoms with Crippen molar-refractivity contribution >= 4 is 5.97 Å². The lowest BCUT2D eigenvalue weighted by Gasteiger charge is -2.38. The van der Waals surface area contributed by atoms with Crippen LogP contribution in [0.15, 0.2) is 12.3 Å². The molecule has 6 nitrogen and oxygen atoms in total. The molecule has 0 aromatic carbocycles. The Morgan fingerprint density at radius 2 is 2.24 bits per heavy atom. The van der Waals surface area contributed by atoms with Crippen molar-refractivity contribution < 1.29 is 28.8 Å². The molecule has 1 heterocycles. The van der Waals surface area contributed by atoms with Crippen molar-refractivity contribution in [2.24, 2.45) is 5.92 Å². The average molecular weight is 302 g/mol. The van der Waals surface area contributed by atoms with E-state index in [0.29, 0.717) is 13.0 Å². The largest absolute Gasteiger partial charge is 0.495 e. The van der Waals surface area contributed by atoms with Crippen molar-refractivity contribution in [1.29, 1.82) is 0 Å². The van der Waals surface area contributed by atoms with Gasteiger partial charge in [-0.3, -0.25) is 0 Å². The summed E-state index contributed by atoms with van der Waals surface area (Å²) in [6, 6.07) is 0. The highest BCUT2D eigenvalue weighted by Gasteiger charge is 2.35. The maximum Gasteiger partial charge on any atom is 0.333 e. The Kier molecular flexibility index (Phi) is 8.34. The summed E-state index contributed by atoms with van der Waals surface area (Å²) in [5.41, 5.74) is 0. The highest BCUT2D eigenvalue weighted by Crippen LogP contribution is 2.29. The first kappa shape index (κ1) is 17.9. The van der Waals surface area contributed by atoms with Crippen LogP contribution in [0.1, 0.15) is 33.1 Å². The van der Waals surface area contributed by atoms with Crippen LogP contribution in [0.25, 0.3) is 0 Å². The Morgan fingerprint density at radius 3 is 2.86 bits per heavy atom. The first-order chi connectivity index (χ1) is 10.1. The summed E-state index contributed by atoms with van der Waals surface area (Å²) >= 11 is 0. The molecule has 0 aromatic heterocycles. The fourth-order valence-electron chi connectivity index (χ4n) is 2.37. The molecule has 0 saturated carbocycles. The number of aliphatic hydroxyl groups is 1. The fourth-order valence-corrected chi connectivity index (χ4v) is 2.37. The van der Waals surface area contributed by atoms with Gasteiger partial charge in [-0.15, -0.1) is 0 Å². The molecule has 122 valence electrons.